The Kier molecular flexibility index (Phi) is 2.45. The van der Waals surface area contributed by atoms with Crippen LogP contribution in [0.15, 0.2) is 36.4 Å². The predicted molar refractivity (Wildman–Crippen MR) is 75.9 cm³/mol. The third-order valence-electron chi connectivity index (χ3n) is 2.79. The molecule has 0 bridgehead atoms. The quantitative estimate of drug-likeness (QED) is 0.517. The van der Waals surface area contributed by atoms with E-state index in [4.69, 9.17) is 5.73 Å². The van der Waals surface area contributed by atoms with Gasteiger partial charge >= 0.3 is 0 Å². The molecule has 3 nitrogen and oxygen atoms in total. The second-order valence-electron chi connectivity index (χ2n) is 4.27. The number of benzene rings is 2. The first-order chi connectivity index (χ1) is 8.63. The van der Waals surface area contributed by atoms with Gasteiger partial charge in [-0.2, -0.15) is 0 Å². The fourth-order valence-electron chi connectivity index (χ4n) is 1.87. The van der Waals surface area contributed by atoms with Crippen LogP contribution in [0.5, 0.6) is 5.75 Å². The number of nitrogens with zero attached hydrogens (tertiary/aromatic N) is 1. The minimum Gasteiger partial charge on any atom is -0.507 e. The Morgan fingerprint density at radius 3 is 2.83 bits per heavy atom. The Hall–Kier alpha value is -2.07. The summed E-state index contributed by atoms with van der Waals surface area (Å²) in [5.41, 5.74) is 9.21. The van der Waals surface area contributed by atoms with Gasteiger partial charge in [0.1, 0.15) is 10.8 Å². The van der Waals surface area contributed by atoms with Crippen molar-refractivity contribution in [2.24, 2.45) is 0 Å². The Bertz CT molecular complexity index is 734. The van der Waals surface area contributed by atoms with E-state index in [9.17, 15) is 5.11 Å². The second-order valence-corrected chi connectivity index (χ2v) is 5.30. The van der Waals surface area contributed by atoms with E-state index in [-0.39, 0.29) is 5.75 Å². The van der Waals surface area contributed by atoms with Crippen LogP contribution in [0.4, 0.5) is 5.69 Å². The van der Waals surface area contributed by atoms with Crippen molar-refractivity contribution in [2.75, 3.05) is 5.73 Å². The molecule has 0 amide bonds. The average Bonchev–Trinajstić information content (AvgIpc) is 2.74. The molecule has 3 aromatic rings. The fraction of sp³-hybridized carbons (Fsp3) is 0.0714. The van der Waals surface area contributed by atoms with Crippen LogP contribution in [0.25, 0.3) is 20.8 Å². The number of nitrogens with two attached hydrogens (primary N) is 1. The number of thiazole rings is 1. The van der Waals surface area contributed by atoms with Crippen LogP contribution in [0.3, 0.4) is 0 Å². The Morgan fingerprint density at radius 2 is 2.00 bits per heavy atom. The predicted octanol–water partition coefficient (Wildman–Crippen LogP) is 3.56. The first-order valence-electron chi connectivity index (χ1n) is 5.59. The van der Waals surface area contributed by atoms with Gasteiger partial charge in [-0.1, -0.05) is 6.07 Å². The summed E-state index contributed by atoms with van der Waals surface area (Å²) in [4.78, 5) is 4.53. The van der Waals surface area contributed by atoms with E-state index in [1.54, 1.807) is 29.5 Å². The van der Waals surface area contributed by atoms with Crippen molar-refractivity contribution >= 4 is 27.2 Å². The highest BCUT2D eigenvalue weighted by atomic mass is 32.1. The van der Waals surface area contributed by atoms with Gasteiger partial charge in [-0.05, 0) is 42.8 Å². The number of aromatic nitrogens is 1. The maximum Gasteiger partial charge on any atom is 0.128 e. The molecule has 90 valence electrons. The van der Waals surface area contributed by atoms with E-state index < -0.39 is 0 Å². The summed E-state index contributed by atoms with van der Waals surface area (Å²) in [5, 5.41) is 10.7. The van der Waals surface area contributed by atoms with Crippen LogP contribution in [-0.2, 0) is 0 Å². The Balaban J connectivity index is 2.22. The molecule has 3 rings (SSSR count). The number of fused-ring (bicyclic) bond motifs is 1. The molecule has 2 aromatic carbocycles. The first kappa shape index (κ1) is 11.0. The molecule has 1 heterocycles. The number of anilines is 1. The lowest BCUT2D eigenvalue weighted by Crippen LogP contribution is -1.85. The molecule has 0 fully saturated rings. The van der Waals surface area contributed by atoms with Gasteiger partial charge in [-0.25, -0.2) is 4.98 Å². The number of nitrogen functional groups attached to an aromatic ring is 1. The zero-order valence-electron chi connectivity index (χ0n) is 9.84. The van der Waals surface area contributed by atoms with Crippen LogP contribution in [0, 0.1) is 6.92 Å². The van der Waals surface area contributed by atoms with Crippen molar-refractivity contribution in [3.8, 4) is 16.3 Å². The van der Waals surface area contributed by atoms with E-state index in [1.165, 1.54) is 5.56 Å². The molecule has 0 saturated heterocycles. The molecule has 4 heteroatoms. The standard InChI is InChI=1S/C14H12N2OS/c1-8-2-4-11-13(6-8)18-14(16-11)10-7-9(15)3-5-12(10)17/h2-7,17H,15H2,1H3. The molecular formula is C14H12N2OS. The minimum absolute atomic E-state index is 0.208. The average molecular weight is 256 g/mol. The Morgan fingerprint density at radius 1 is 1.17 bits per heavy atom. The summed E-state index contributed by atoms with van der Waals surface area (Å²) in [6, 6.07) is 11.1. The van der Waals surface area contributed by atoms with Crippen LogP contribution in [0.1, 0.15) is 5.56 Å². The summed E-state index contributed by atoms with van der Waals surface area (Å²) >= 11 is 1.56. The number of rotatable bonds is 1. The highest BCUT2D eigenvalue weighted by Crippen LogP contribution is 2.36. The minimum atomic E-state index is 0.208. The number of phenolic OH excluding ortho intramolecular Hbond substituents is 1. The molecule has 0 aliphatic heterocycles. The number of hydrogen-bond donors (Lipinski definition) is 2. The molecule has 0 aliphatic carbocycles. The zero-order chi connectivity index (χ0) is 12.7. The van der Waals surface area contributed by atoms with Crippen molar-refractivity contribution < 1.29 is 5.11 Å². The first-order valence-corrected chi connectivity index (χ1v) is 6.41. The fourth-order valence-corrected chi connectivity index (χ4v) is 2.96. The molecule has 0 saturated carbocycles. The monoisotopic (exact) mass is 256 g/mol. The van der Waals surface area contributed by atoms with Crippen LogP contribution < -0.4 is 5.73 Å². The molecule has 3 N–H and O–H groups in total. The van der Waals surface area contributed by atoms with Gasteiger partial charge in [0.25, 0.3) is 0 Å². The third-order valence-corrected chi connectivity index (χ3v) is 3.85. The molecule has 0 aliphatic rings. The van der Waals surface area contributed by atoms with Gasteiger partial charge in [0.2, 0.25) is 0 Å². The van der Waals surface area contributed by atoms with E-state index in [0.29, 0.717) is 11.3 Å². The topological polar surface area (TPSA) is 59.1 Å². The number of hydrogen-bond acceptors (Lipinski definition) is 4. The van der Waals surface area contributed by atoms with E-state index >= 15 is 0 Å². The normalized spacial score (nSPS) is 10.9. The summed E-state index contributed by atoms with van der Waals surface area (Å²) in [5.74, 6) is 0.208. The van der Waals surface area contributed by atoms with Crippen LogP contribution >= 0.6 is 11.3 Å². The smallest absolute Gasteiger partial charge is 0.128 e. The van der Waals surface area contributed by atoms with E-state index in [1.807, 2.05) is 12.1 Å². The lowest BCUT2D eigenvalue weighted by Gasteiger charge is -2.01. The number of aryl methyl sites for hydroxylation is 1. The molecule has 0 unspecified atom stereocenters. The highest BCUT2D eigenvalue weighted by molar-refractivity contribution is 7.21. The van der Waals surface area contributed by atoms with Gasteiger partial charge in [-0.15, -0.1) is 11.3 Å². The van der Waals surface area contributed by atoms with Gasteiger partial charge in [-0.3, -0.25) is 0 Å². The van der Waals surface area contributed by atoms with Crippen molar-refractivity contribution in [3.63, 3.8) is 0 Å². The molecule has 0 atom stereocenters. The maximum absolute atomic E-state index is 9.88. The maximum atomic E-state index is 9.88. The van der Waals surface area contributed by atoms with Crippen LogP contribution in [0.2, 0.25) is 0 Å². The molecule has 1 aromatic heterocycles. The molecule has 18 heavy (non-hydrogen) atoms. The van der Waals surface area contributed by atoms with Gasteiger partial charge in [0, 0.05) is 5.69 Å². The number of phenols is 1. The zero-order valence-corrected chi connectivity index (χ0v) is 10.7. The van der Waals surface area contributed by atoms with Crippen LogP contribution in [-0.4, -0.2) is 10.1 Å². The van der Waals surface area contributed by atoms with Gasteiger partial charge in [0.05, 0.1) is 15.8 Å². The largest absolute Gasteiger partial charge is 0.507 e. The van der Waals surface area contributed by atoms with Gasteiger partial charge in [0.15, 0.2) is 0 Å². The van der Waals surface area contributed by atoms with E-state index in [2.05, 4.69) is 18.0 Å². The summed E-state index contributed by atoms with van der Waals surface area (Å²) in [6.45, 7) is 2.05. The molecule has 0 spiro atoms. The number of aromatic hydroxyl groups is 1. The van der Waals surface area contributed by atoms with Gasteiger partial charge < -0.3 is 10.8 Å². The molecule has 0 radical (unpaired) electrons. The second kappa shape index (κ2) is 3.99. The molecular weight excluding hydrogens is 244 g/mol. The van der Waals surface area contributed by atoms with Crippen molar-refractivity contribution in [3.05, 3.63) is 42.0 Å². The third kappa shape index (κ3) is 1.80. The van der Waals surface area contributed by atoms with Crippen molar-refractivity contribution in [2.45, 2.75) is 6.92 Å². The lowest BCUT2D eigenvalue weighted by molar-refractivity contribution is 0.477. The van der Waals surface area contributed by atoms with Crippen molar-refractivity contribution in [1.29, 1.82) is 0 Å². The summed E-state index contributed by atoms with van der Waals surface area (Å²) in [6.07, 6.45) is 0. The van der Waals surface area contributed by atoms with E-state index in [0.717, 1.165) is 15.2 Å². The lowest BCUT2D eigenvalue weighted by atomic mass is 10.2. The summed E-state index contributed by atoms with van der Waals surface area (Å²) < 4.78 is 1.12. The summed E-state index contributed by atoms with van der Waals surface area (Å²) in [7, 11) is 0. The highest BCUT2D eigenvalue weighted by Gasteiger charge is 2.10. The SMILES string of the molecule is Cc1ccc2nc(-c3cc(N)ccc3O)sc2c1. The van der Waals surface area contributed by atoms with Crippen molar-refractivity contribution in [1.82, 2.24) is 4.98 Å². The Labute approximate surface area is 109 Å².